The molecule has 2 aromatic carbocycles. The van der Waals surface area contributed by atoms with Gasteiger partial charge in [0, 0.05) is 66.6 Å². The zero-order valence-corrected chi connectivity index (χ0v) is 24.3. The summed E-state index contributed by atoms with van der Waals surface area (Å²) in [4.78, 5) is 18.6. The molecule has 41 heavy (non-hydrogen) atoms. The SMILES string of the molecule is COc1cc(C(=O)N2CCNC3CC3C2)cc(OC)c1SNc1noc2c1CC1(CC1)c1ccc(N3CCC3)cc1-2. The minimum Gasteiger partial charge on any atom is -0.495 e. The lowest BCUT2D eigenvalue weighted by molar-refractivity contribution is 0.0756. The average molecular weight is 574 g/mol. The highest BCUT2D eigenvalue weighted by atomic mass is 32.2. The monoisotopic (exact) mass is 573 g/mol. The first kappa shape index (κ1) is 25.3. The Morgan fingerprint density at radius 2 is 1.95 bits per heavy atom. The molecule has 8 rings (SSSR count). The van der Waals surface area contributed by atoms with Crippen LogP contribution in [0.1, 0.15) is 47.2 Å². The number of carbonyl (C=O) groups excluding carboxylic acids is 1. The number of ether oxygens (including phenoxy) is 2. The van der Waals surface area contributed by atoms with Gasteiger partial charge in [-0.25, -0.2) is 0 Å². The Hall–Kier alpha value is -3.37. The van der Waals surface area contributed by atoms with Crippen molar-refractivity contribution in [2.75, 3.05) is 56.6 Å². The molecule has 2 saturated heterocycles. The van der Waals surface area contributed by atoms with E-state index in [4.69, 9.17) is 14.0 Å². The fraction of sp³-hybridized carbons (Fsp3) is 0.484. The van der Waals surface area contributed by atoms with E-state index < -0.39 is 0 Å². The number of hydrogen-bond acceptors (Lipinski definition) is 9. The molecule has 1 spiro atoms. The lowest BCUT2D eigenvalue weighted by Gasteiger charge is -2.34. The number of amides is 1. The van der Waals surface area contributed by atoms with E-state index in [1.807, 2.05) is 17.0 Å². The number of methoxy groups -OCH3 is 2. The Morgan fingerprint density at radius 1 is 1.15 bits per heavy atom. The molecule has 2 saturated carbocycles. The van der Waals surface area contributed by atoms with Gasteiger partial charge in [0.2, 0.25) is 0 Å². The normalized spacial score (nSPS) is 23.1. The van der Waals surface area contributed by atoms with E-state index in [-0.39, 0.29) is 11.3 Å². The van der Waals surface area contributed by atoms with Crippen LogP contribution in [0, 0.1) is 5.92 Å². The number of carbonyl (C=O) groups is 1. The maximum Gasteiger partial charge on any atom is 0.254 e. The molecule has 5 aliphatic rings. The smallest absolute Gasteiger partial charge is 0.254 e. The van der Waals surface area contributed by atoms with Gasteiger partial charge in [0.15, 0.2) is 11.6 Å². The molecule has 1 aromatic heterocycles. The summed E-state index contributed by atoms with van der Waals surface area (Å²) in [6.45, 7) is 4.55. The maximum absolute atomic E-state index is 13.5. The van der Waals surface area contributed by atoms with Gasteiger partial charge >= 0.3 is 0 Å². The van der Waals surface area contributed by atoms with Crippen molar-refractivity contribution in [3.63, 3.8) is 0 Å². The number of aromatic nitrogens is 1. The molecule has 4 fully saturated rings. The summed E-state index contributed by atoms with van der Waals surface area (Å²) >= 11 is 1.38. The third-order valence-corrected chi connectivity index (χ3v) is 10.5. The molecule has 2 N–H and O–H groups in total. The molecular formula is C31H35N5O4S. The van der Waals surface area contributed by atoms with Gasteiger partial charge in [-0.15, -0.1) is 0 Å². The second kappa shape index (κ2) is 9.59. The van der Waals surface area contributed by atoms with E-state index in [1.54, 1.807) is 14.2 Å². The first-order chi connectivity index (χ1) is 20.1. The Balaban J connectivity index is 1.06. The zero-order valence-electron chi connectivity index (χ0n) is 23.5. The zero-order chi connectivity index (χ0) is 27.7. The van der Waals surface area contributed by atoms with Crippen molar-refractivity contribution < 1.29 is 18.8 Å². The van der Waals surface area contributed by atoms with E-state index in [1.165, 1.54) is 48.0 Å². The van der Waals surface area contributed by atoms with E-state index in [2.05, 4.69) is 38.3 Å². The standard InChI is InChI=1S/C31H35N5O4S/c1-38-25-13-18(30(37)36-11-8-32-24-12-19(24)17-36)14-26(39-2)28(25)41-34-29-22-16-31(6-7-31)23-5-4-20(35-9-3-10-35)15-21(23)27(22)40-33-29/h4-5,13-15,19,24,32H,3,6-12,16-17H2,1-2H3,(H,33,34). The molecule has 3 heterocycles. The molecule has 9 nitrogen and oxygen atoms in total. The Labute approximate surface area is 244 Å². The van der Waals surface area contributed by atoms with E-state index >= 15 is 0 Å². The average Bonchev–Trinajstić information content (AvgIpc) is 3.86. The summed E-state index contributed by atoms with van der Waals surface area (Å²) in [6.07, 6.45) is 5.69. The fourth-order valence-electron chi connectivity index (χ4n) is 6.78. The number of hydrogen-bond donors (Lipinski definition) is 2. The largest absolute Gasteiger partial charge is 0.495 e. The van der Waals surface area contributed by atoms with Crippen molar-refractivity contribution >= 4 is 29.4 Å². The van der Waals surface area contributed by atoms with Crippen molar-refractivity contribution in [1.29, 1.82) is 0 Å². The molecular weight excluding hydrogens is 538 g/mol. The first-order valence-corrected chi connectivity index (χ1v) is 15.5. The lowest BCUT2D eigenvalue weighted by atomic mass is 9.79. The minimum atomic E-state index is 0.0111. The third-order valence-electron chi connectivity index (χ3n) is 9.61. The van der Waals surface area contributed by atoms with Crippen LogP contribution in [0.25, 0.3) is 11.3 Å². The highest BCUT2D eigenvalue weighted by Crippen LogP contribution is 2.59. The van der Waals surface area contributed by atoms with E-state index in [0.717, 1.165) is 61.1 Å². The Kier molecular flexibility index (Phi) is 5.93. The van der Waals surface area contributed by atoms with Crippen LogP contribution < -0.4 is 24.4 Å². The molecule has 0 radical (unpaired) electrons. The van der Waals surface area contributed by atoms with Crippen LogP contribution in [0.3, 0.4) is 0 Å². The van der Waals surface area contributed by atoms with Gasteiger partial charge in [-0.2, -0.15) is 0 Å². The first-order valence-electron chi connectivity index (χ1n) is 14.7. The predicted octanol–water partition coefficient (Wildman–Crippen LogP) is 4.71. The van der Waals surface area contributed by atoms with Gasteiger partial charge in [-0.3, -0.25) is 4.79 Å². The number of benzene rings is 2. The number of nitrogens with one attached hydrogen (secondary N) is 2. The van der Waals surface area contributed by atoms with Crippen molar-refractivity contribution in [2.45, 2.75) is 48.5 Å². The molecule has 3 aliphatic carbocycles. The van der Waals surface area contributed by atoms with Crippen molar-refractivity contribution in [1.82, 2.24) is 15.4 Å². The Morgan fingerprint density at radius 3 is 2.66 bits per heavy atom. The van der Waals surface area contributed by atoms with Gasteiger partial charge in [0.05, 0.1) is 14.2 Å². The highest BCUT2D eigenvalue weighted by molar-refractivity contribution is 8.00. The van der Waals surface area contributed by atoms with Crippen LogP contribution in [-0.2, 0) is 11.8 Å². The summed E-state index contributed by atoms with van der Waals surface area (Å²) in [6, 6.07) is 11.1. The predicted molar refractivity (Wildman–Crippen MR) is 158 cm³/mol. The van der Waals surface area contributed by atoms with Gasteiger partial charge in [0.1, 0.15) is 16.4 Å². The summed E-state index contributed by atoms with van der Waals surface area (Å²) in [5, 5.41) is 8.00. The second-order valence-corrected chi connectivity index (χ2v) is 12.9. The van der Waals surface area contributed by atoms with Gasteiger partial charge in [-0.1, -0.05) is 11.2 Å². The van der Waals surface area contributed by atoms with Crippen LogP contribution in [0.4, 0.5) is 11.5 Å². The molecule has 10 heteroatoms. The van der Waals surface area contributed by atoms with Crippen LogP contribution in [-0.4, -0.2) is 68.9 Å². The van der Waals surface area contributed by atoms with Gasteiger partial charge in [0.25, 0.3) is 5.91 Å². The second-order valence-electron chi connectivity index (χ2n) is 12.1. The minimum absolute atomic E-state index is 0.0111. The molecule has 0 bridgehead atoms. The summed E-state index contributed by atoms with van der Waals surface area (Å²) in [5.41, 5.74) is 5.72. The topological polar surface area (TPSA) is 92.1 Å². The lowest BCUT2D eigenvalue weighted by Crippen LogP contribution is -2.37. The van der Waals surface area contributed by atoms with Crippen LogP contribution >= 0.6 is 11.9 Å². The maximum atomic E-state index is 13.5. The van der Waals surface area contributed by atoms with Gasteiger partial charge in [-0.05, 0) is 79.8 Å². The van der Waals surface area contributed by atoms with Gasteiger partial charge < -0.3 is 33.8 Å². The molecule has 2 aliphatic heterocycles. The molecule has 3 aromatic rings. The summed E-state index contributed by atoms with van der Waals surface area (Å²) in [5.74, 6) is 3.34. The number of nitrogens with zero attached hydrogens (tertiary/aromatic N) is 3. The van der Waals surface area contributed by atoms with E-state index in [9.17, 15) is 4.79 Å². The third kappa shape index (κ3) is 4.25. The van der Waals surface area contributed by atoms with Crippen LogP contribution in [0.15, 0.2) is 39.8 Å². The molecule has 1 amide bonds. The van der Waals surface area contributed by atoms with E-state index in [0.29, 0.717) is 35.6 Å². The summed E-state index contributed by atoms with van der Waals surface area (Å²) in [7, 11) is 3.25. The number of fused-ring (bicyclic) bond motifs is 5. The molecule has 214 valence electrons. The Bertz CT molecular complexity index is 1510. The van der Waals surface area contributed by atoms with Crippen molar-refractivity contribution in [2.24, 2.45) is 5.92 Å². The fourth-order valence-corrected chi connectivity index (χ4v) is 7.62. The van der Waals surface area contributed by atoms with Crippen molar-refractivity contribution in [3.8, 4) is 22.8 Å². The summed E-state index contributed by atoms with van der Waals surface area (Å²) < 4.78 is 21.0. The van der Waals surface area contributed by atoms with Crippen molar-refractivity contribution in [3.05, 3.63) is 47.0 Å². The molecule has 2 atom stereocenters. The highest BCUT2D eigenvalue weighted by Gasteiger charge is 2.50. The molecule has 2 unspecified atom stereocenters. The number of anilines is 2. The van der Waals surface area contributed by atoms with Crippen LogP contribution in [0.5, 0.6) is 11.5 Å². The quantitative estimate of drug-likeness (QED) is 0.390. The van der Waals surface area contributed by atoms with Crippen LogP contribution in [0.2, 0.25) is 0 Å². The number of rotatable bonds is 7.